The van der Waals surface area contributed by atoms with Gasteiger partial charge in [0.05, 0.1) is 35.4 Å². The molecule has 1 atom stereocenters. The Balaban J connectivity index is 1.82. The van der Waals surface area contributed by atoms with Crippen molar-refractivity contribution in [3.05, 3.63) is 85.9 Å². The van der Waals surface area contributed by atoms with Crippen LogP contribution in [0.5, 0.6) is 5.75 Å². The van der Waals surface area contributed by atoms with Crippen LogP contribution in [0, 0.1) is 23.0 Å². The molecule has 2 aromatic carbocycles. The van der Waals surface area contributed by atoms with Crippen LogP contribution in [0.15, 0.2) is 54.1 Å². The summed E-state index contributed by atoms with van der Waals surface area (Å²) < 4.78 is 11.0. The highest BCUT2D eigenvalue weighted by atomic mass is 32.1. The third kappa shape index (κ3) is 6.33. The molecule has 220 valence electrons. The highest BCUT2D eigenvalue weighted by molar-refractivity contribution is 7.17. The number of ketones is 1. The van der Waals surface area contributed by atoms with Crippen molar-refractivity contribution in [3.8, 4) is 5.75 Å². The molecule has 0 spiro atoms. The monoisotopic (exact) mass is 593 g/mol. The molecular formula is C30H31N3O8S. The second-order valence-electron chi connectivity index (χ2n) is 10.2. The number of thiazole rings is 1. The fourth-order valence-electron chi connectivity index (χ4n) is 4.34. The number of amides is 1. The Morgan fingerprint density at radius 2 is 1.90 bits per heavy atom. The first-order valence-corrected chi connectivity index (χ1v) is 14.3. The van der Waals surface area contributed by atoms with Crippen molar-refractivity contribution in [2.45, 2.75) is 46.6 Å². The van der Waals surface area contributed by atoms with E-state index in [0.717, 1.165) is 29.1 Å². The number of nitro groups is 1. The lowest BCUT2D eigenvalue weighted by molar-refractivity contribution is -0.384. The van der Waals surface area contributed by atoms with Gasteiger partial charge in [0, 0.05) is 17.7 Å². The third-order valence-electron chi connectivity index (χ3n) is 6.46. The molecule has 0 unspecified atom stereocenters. The predicted octanol–water partition coefficient (Wildman–Crippen LogP) is 5.98. The molecular weight excluding hydrogens is 562 g/mol. The minimum Gasteiger partial charge on any atom is -0.507 e. The van der Waals surface area contributed by atoms with Crippen LogP contribution < -0.4 is 9.64 Å². The lowest BCUT2D eigenvalue weighted by atomic mass is 9.95. The van der Waals surface area contributed by atoms with Crippen LogP contribution in [-0.2, 0) is 14.3 Å². The van der Waals surface area contributed by atoms with Crippen molar-refractivity contribution in [1.29, 1.82) is 0 Å². The van der Waals surface area contributed by atoms with Gasteiger partial charge < -0.3 is 14.6 Å². The lowest BCUT2D eigenvalue weighted by Crippen LogP contribution is -2.29. The maximum Gasteiger partial charge on any atom is 0.350 e. The number of esters is 1. The molecule has 0 radical (unpaired) electrons. The van der Waals surface area contributed by atoms with E-state index < -0.39 is 34.4 Å². The van der Waals surface area contributed by atoms with Crippen molar-refractivity contribution in [2.75, 3.05) is 18.1 Å². The summed E-state index contributed by atoms with van der Waals surface area (Å²) in [6, 6.07) is 10.6. The summed E-state index contributed by atoms with van der Waals surface area (Å²) in [6.45, 7) is 8.12. The molecule has 4 rings (SSSR count). The van der Waals surface area contributed by atoms with Gasteiger partial charge in [-0.2, -0.15) is 0 Å². The van der Waals surface area contributed by atoms with Crippen molar-refractivity contribution in [2.24, 2.45) is 5.92 Å². The van der Waals surface area contributed by atoms with Gasteiger partial charge in [0.25, 0.3) is 11.5 Å². The zero-order valence-electron chi connectivity index (χ0n) is 23.7. The van der Waals surface area contributed by atoms with E-state index in [1.54, 1.807) is 31.2 Å². The van der Waals surface area contributed by atoms with Crippen LogP contribution in [0.25, 0.3) is 5.76 Å². The zero-order chi connectivity index (χ0) is 30.6. The number of non-ortho nitro benzene ring substituents is 1. The molecule has 11 nitrogen and oxygen atoms in total. The molecule has 1 saturated heterocycles. The summed E-state index contributed by atoms with van der Waals surface area (Å²) in [4.78, 5) is 56.3. The van der Waals surface area contributed by atoms with E-state index in [-0.39, 0.29) is 44.9 Å². The molecule has 1 N–H and O–H groups in total. The van der Waals surface area contributed by atoms with Crippen LogP contribution in [0.2, 0.25) is 0 Å². The number of hydrogen-bond acceptors (Lipinski definition) is 10. The normalized spacial score (nSPS) is 16.2. The van der Waals surface area contributed by atoms with Crippen LogP contribution in [0.1, 0.15) is 66.1 Å². The highest BCUT2D eigenvalue weighted by Crippen LogP contribution is 2.44. The zero-order valence-corrected chi connectivity index (χ0v) is 24.5. The van der Waals surface area contributed by atoms with Crippen LogP contribution in [-0.4, -0.2) is 45.9 Å². The molecule has 2 heterocycles. The van der Waals surface area contributed by atoms with Gasteiger partial charge in [-0.1, -0.05) is 50.7 Å². The molecule has 1 aromatic heterocycles. The van der Waals surface area contributed by atoms with Crippen molar-refractivity contribution >= 4 is 45.6 Å². The van der Waals surface area contributed by atoms with E-state index >= 15 is 0 Å². The molecule has 1 aliphatic rings. The molecule has 0 aliphatic carbocycles. The highest BCUT2D eigenvalue weighted by Gasteiger charge is 2.48. The van der Waals surface area contributed by atoms with Gasteiger partial charge in [0.15, 0.2) is 5.13 Å². The van der Waals surface area contributed by atoms with Gasteiger partial charge in [0.1, 0.15) is 16.4 Å². The summed E-state index contributed by atoms with van der Waals surface area (Å²) in [5.41, 5.74) is 0.222. The molecule has 0 bridgehead atoms. The number of aromatic nitrogens is 1. The summed E-state index contributed by atoms with van der Waals surface area (Å²) in [5, 5.41) is 23.0. The number of Topliss-reactive ketones (excluding diaryl/α,β-unsaturated/α-hetero) is 1. The number of benzene rings is 2. The van der Waals surface area contributed by atoms with E-state index in [4.69, 9.17) is 9.47 Å². The number of aliphatic hydroxyl groups is 1. The van der Waals surface area contributed by atoms with Gasteiger partial charge >= 0.3 is 11.9 Å². The van der Waals surface area contributed by atoms with Crippen molar-refractivity contribution in [1.82, 2.24) is 4.98 Å². The van der Waals surface area contributed by atoms with Crippen molar-refractivity contribution in [3.63, 3.8) is 0 Å². The van der Waals surface area contributed by atoms with Crippen LogP contribution in [0.3, 0.4) is 0 Å². The second kappa shape index (κ2) is 12.9. The Hall–Kier alpha value is -4.58. The van der Waals surface area contributed by atoms with Crippen LogP contribution in [0.4, 0.5) is 10.8 Å². The van der Waals surface area contributed by atoms with Gasteiger partial charge in [-0.25, -0.2) is 9.78 Å². The molecule has 1 fully saturated rings. The van der Waals surface area contributed by atoms with Gasteiger partial charge in [-0.15, -0.1) is 0 Å². The minimum absolute atomic E-state index is 0.0151. The number of nitrogens with zero attached hydrogens (tertiary/aromatic N) is 3. The number of nitro benzene ring substituents is 1. The standard InChI is InChI=1S/C30H31N3O8S/c1-5-6-14-40-22-12-10-19(11-13-22)25(34)23-24(20-8-7-9-21(15-20)33(38)39)32(28(36)26(23)35)30-31-18(4)27(42-30)29(37)41-16-17(2)3/h7-13,15,17,24,34H,5-6,14,16H2,1-4H3/t24-/m1/s1. The van der Waals surface area contributed by atoms with E-state index in [0.29, 0.717) is 18.1 Å². The van der Waals surface area contributed by atoms with Gasteiger partial charge in [-0.05, 0) is 49.1 Å². The number of carbonyl (C=O) groups excluding carboxylic acids is 3. The Morgan fingerprint density at radius 3 is 2.55 bits per heavy atom. The first kappa shape index (κ1) is 30.4. The number of rotatable bonds is 11. The number of anilines is 1. The second-order valence-corrected chi connectivity index (χ2v) is 11.1. The largest absolute Gasteiger partial charge is 0.507 e. The maximum absolute atomic E-state index is 13.5. The Morgan fingerprint density at radius 1 is 1.19 bits per heavy atom. The topological polar surface area (TPSA) is 149 Å². The SMILES string of the molecule is CCCCOc1ccc(C(O)=C2C(=O)C(=O)N(c3nc(C)c(C(=O)OCC(C)C)s3)[C@@H]2c2cccc([N+](=O)[O-])c2)cc1. The fourth-order valence-corrected chi connectivity index (χ4v) is 5.32. The maximum atomic E-state index is 13.5. The number of ether oxygens (including phenoxy) is 2. The Bertz CT molecular complexity index is 1540. The summed E-state index contributed by atoms with van der Waals surface area (Å²) in [6.07, 6.45) is 1.84. The molecule has 1 aliphatic heterocycles. The Kier molecular flexibility index (Phi) is 9.36. The van der Waals surface area contributed by atoms with Crippen LogP contribution >= 0.6 is 11.3 Å². The molecule has 3 aromatic rings. The molecule has 0 saturated carbocycles. The summed E-state index contributed by atoms with van der Waals surface area (Å²) in [5.74, 6) is -2.39. The average Bonchev–Trinajstić information content (AvgIpc) is 3.48. The van der Waals surface area contributed by atoms with E-state index in [1.165, 1.54) is 24.3 Å². The number of carbonyl (C=O) groups is 3. The number of hydrogen-bond donors (Lipinski definition) is 1. The first-order valence-electron chi connectivity index (χ1n) is 13.5. The van der Waals surface area contributed by atoms with E-state index in [9.17, 15) is 29.6 Å². The van der Waals surface area contributed by atoms with E-state index in [2.05, 4.69) is 4.98 Å². The van der Waals surface area contributed by atoms with E-state index in [1.807, 2.05) is 20.8 Å². The molecule has 12 heteroatoms. The molecule has 1 amide bonds. The molecule has 42 heavy (non-hydrogen) atoms. The smallest absolute Gasteiger partial charge is 0.350 e. The van der Waals surface area contributed by atoms with Gasteiger partial charge in [0.2, 0.25) is 0 Å². The number of aliphatic hydroxyl groups excluding tert-OH is 1. The average molecular weight is 594 g/mol. The summed E-state index contributed by atoms with van der Waals surface area (Å²) >= 11 is 0.865. The first-order chi connectivity index (χ1) is 20.0. The number of aryl methyl sites for hydroxylation is 1. The predicted molar refractivity (Wildman–Crippen MR) is 157 cm³/mol. The lowest BCUT2D eigenvalue weighted by Gasteiger charge is -2.22. The van der Waals surface area contributed by atoms with Crippen molar-refractivity contribution < 1.29 is 33.9 Å². The summed E-state index contributed by atoms with van der Waals surface area (Å²) in [7, 11) is 0. The quantitative estimate of drug-likeness (QED) is 0.0539. The number of unbranched alkanes of at least 4 members (excludes halogenated alkanes) is 1. The minimum atomic E-state index is -1.25. The van der Waals surface area contributed by atoms with Gasteiger partial charge in [-0.3, -0.25) is 24.6 Å². The Labute approximate surface area is 246 Å². The third-order valence-corrected chi connectivity index (χ3v) is 7.60. The fraction of sp³-hybridized carbons (Fsp3) is 0.333.